The van der Waals surface area contributed by atoms with E-state index in [1.54, 1.807) is 0 Å². The van der Waals surface area contributed by atoms with Crippen LogP contribution in [0, 0.1) is 0 Å². The number of hydrogen-bond acceptors (Lipinski definition) is 3. The Morgan fingerprint density at radius 3 is 1.53 bits per heavy atom. The number of amides is 1. The van der Waals surface area contributed by atoms with Crippen molar-refractivity contribution in [2.24, 2.45) is 0 Å². The van der Waals surface area contributed by atoms with Crippen molar-refractivity contribution in [1.82, 2.24) is 5.32 Å². The Labute approximate surface area is 272 Å². The molecule has 4 aromatic rings. The lowest BCUT2D eigenvalue weighted by Crippen LogP contribution is -2.45. The number of ether oxygens (including phenoxy) is 1. The summed E-state index contributed by atoms with van der Waals surface area (Å²) < 4.78 is 6.59. The number of rotatable bonds is 13. The highest BCUT2D eigenvalue weighted by Gasteiger charge is 2.57. The SMILES string of the molecule is CN(c1ccc(C(=O)NCCC(C)(C)OCCC(C)(C)[P+](c2ccccc2)(c2ccccc2)c2ccccc2)cc1)C(C)(C)C. The highest BCUT2D eigenvalue weighted by molar-refractivity contribution is 7.96. The third kappa shape index (κ3) is 8.04. The normalized spacial score (nSPS) is 12.5. The first-order chi connectivity index (χ1) is 21.3. The first kappa shape index (κ1) is 34.4. The number of hydrogen-bond donors (Lipinski definition) is 1. The summed E-state index contributed by atoms with van der Waals surface area (Å²) in [7, 11) is 0.00852. The summed E-state index contributed by atoms with van der Waals surface area (Å²) in [5, 5.41) is 7.16. The van der Waals surface area contributed by atoms with Gasteiger partial charge in [0.15, 0.2) is 0 Å². The second kappa shape index (κ2) is 14.3. The van der Waals surface area contributed by atoms with Crippen LogP contribution in [0.2, 0.25) is 0 Å². The molecule has 0 bridgehead atoms. The Balaban J connectivity index is 1.44. The molecule has 0 unspecified atom stereocenters. The van der Waals surface area contributed by atoms with Crippen molar-refractivity contribution in [2.45, 2.75) is 77.6 Å². The van der Waals surface area contributed by atoms with E-state index >= 15 is 0 Å². The van der Waals surface area contributed by atoms with E-state index < -0.39 is 7.26 Å². The molecule has 4 rings (SSSR count). The zero-order valence-electron chi connectivity index (χ0n) is 28.5. The molecule has 1 amide bonds. The molecule has 0 atom stereocenters. The van der Waals surface area contributed by atoms with E-state index in [0.717, 1.165) is 18.5 Å². The molecule has 0 aliphatic carbocycles. The van der Waals surface area contributed by atoms with Gasteiger partial charge in [0.2, 0.25) is 0 Å². The lowest BCUT2D eigenvalue weighted by Gasteiger charge is -2.41. The molecule has 0 aromatic heterocycles. The predicted octanol–water partition coefficient (Wildman–Crippen LogP) is 8.00. The van der Waals surface area contributed by atoms with Crippen molar-refractivity contribution in [3.05, 3.63) is 121 Å². The summed E-state index contributed by atoms with van der Waals surface area (Å²) in [5.41, 5.74) is 1.40. The van der Waals surface area contributed by atoms with Crippen molar-refractivity contribution in [1.29, 1.82) is 0 Å². The Morgan fingerprint density at radius 1 is 0.667 bits per heavy atom. The lowest BCUT2D eigenvalue weighted by atomic mass is 10.0. The number of carbonyl (C=O) groups excluding carboxylic acids is 1. The summed E-state index contributed by atoms with van der Waals surface area (Å²) in [6.45, 7) is 16.8. The van der Waals surface area contributed by atoms with Crippen LogP contribution < -0.4 is 26.1 Å². The van der Waals surface area contributed by atoms with Crippen molar-refractivity contribution in [2.75, 3.05) is 25.1 Å². The maximum absolute atomic E-state index is 12.9. The zero-order valence-corrected chi connectivity index (χ0v) is 29.4. The monoisotopic (exact) mass is 623 g/mol. The zero-order chi connectivity index (χ0) is 32.7. The summed E-state index contributed by atoms with van der Waals surface area (Å²) in [6.07, 6.45) is 1.62. The van der Waals surface area contributed by atoms with Gasteiger partial charge < -0.3 is 15.0 Å². The van der Waals surface area contributed by atoms with Gasteiger partial charge in [-0.1, -0.05) is 54.6 Å². The molecular formula is C40H52N2O2P+. The van der Waals surface area contributed by atoms with Crippen molar-refractivity contribution in [3.8, 4) is 0 Å². The standard InChI is InChI=1S/C40H51N2O2P/c1-38(2,3)42(8)33-26-24-32(25-27-33)37(43)41-30-28-39(4,5)44-31-29-40(6,7)45(34-18-12-9-13-19-34,35-20-14-10-15-21-35)36-22-16-11-17-23-36/h9-27H,28-31H2,1-8H3/p+1. The maximum Gasteiger partial charge on any atom is 0.251 e. The van der Waals surface area contributed by atoms with Crippen LogP contribution in [0.25, 0.3) is 0 Å². The molecule has 0 saturated heterocycles. The van der Waals surface area contributed by atoms with E-state index in [4.69, 9.17) is 4.74 Å². The number of benzene rings is 4. The van der Waals surface area contributed by atoms with Gasteiger partial charge in [0.05, 0.1) is 17.4 Å². The Kier molecular flexibility index (Phi) is 10.9. The van der Waals surface area contributed by atoms with Gasteiger partial charge in [-0.25, -0.2) is 0 Å². The molecule has 0 fully saturated rings. The van der Waals surface area contributed by atoms with Gasteiger partial charge in [0.25, 0.3) is 5.91 Å². The average molecular weight is 624 g/mol. The van der Waals surface area contributed by atoms with Gasteiger partial charge in [-0.2, -0.15) is 0 Å². The minimum atomic E-state index is -2.07. The third-order valence-corrected chi connectivity index (χ3v) is 14.3. The van der Waals surface area contributed by atoms with Crippen molar-refractivity contribution in [3.63, 3.8) is 0 Å². The van der Waals surface area contributed by atoms with Gasteiger partial charge in [0.1, 0.15) is 23.2 Å². The van der Waals surface area contributed by atoms with Gasteiger partial charge in [0, 0.05) is 36.8 Å². The molecule has 0 spiro atoms. The molecule has 238 valence electrons. The van der Waals surface area contributed by atoms with Crippen LogP contribution in [-0.4, -0.2) is 42.4 Å². The minimum Gasteiger partial charge on any atom is -0.375 e. The van der Waals surface area contributed by atoms with Gasteiger partial charge in [-0.3, -0.25) is 4.79 Å². The first-order valence-electron chi connectivity index (χ1n) is 16.1. The highest BCUT2D eigenvalue weighted by Crippen LogP contribution is 2.66. The fourth-order valence-corrected chi connectivity index (χ4v) is 11.3. The van der Waals surface area contributed by atoms with Gasteiger partial charge in [-0.15, -0.1) is 0 Å². The van der Waals surface area contributed by atoms with Crippen LogP contribution in [0.4, 0.5) is 5.69 Å². The maximum atomic E-state index is 12.9. The van der Waals surface area contributed by atoms with Crippen LogP contribution in [0.5, 0.6) is 0 Å². The molecule has 45 heavy (non-hydrogen) atoms. The number of nitrogens with zero attached hydrogens (tertiary/aromatic N) is 1. The first-order valence-corrected chi connectivity index (χ1v) is 17.9. The Morgan fingerprint density at radius 2 is 1.11 bits per heavy atom. The third-order valence-electron chi connectivity index (χ3n) is 9.08. The molecule has 4 aromatic carbocycles. The van der Waals surface area contributed by atoms with Crippen LogP contribution in [-0.2, 0) is 4.74 Å². The quantitative estimate of drug-likeness (QED) is 0.154. The second-order valence-electron chi connectivity index (χ2n) is 14.1. The highest BCUT2D eigenvalue weighted by atomic mass is 31.2. The van der Waals surface area contributed by atoms with E-state index in [9.17, 15) is 4.79 Å². The predicted molar refractivity (Wildman–Crippen MR) is 195 cm³/mol. The minimum absolute atomic E-state index is 0.0124. The van der Waals surface area contributed by atoms with Gasteiger partial charge in [-0.05, 0) is 116 Å². The molecule has 0 aliphatic heterocycles. The average Bonchev–Trinajstić information content (AvgIpc) is 3.02. The summed E-state index contributed by atoms with van der Waals surface area (Å²) >= 11 is 0. The van der Waals surface area contributed by atoms with E-state index in [0.29, 0.717) is 18.7 Å². The Hall–Kier alpha value is -3.46. The number of nitrogens with one attached hydrogen (secondary N) is 1. The van der Waals surface area contributed by atoms with E-state index in [1.807, 2.05) is 24.3 Å². The second-order valence-corrected chi connectivity index (χ2v) is 18.2. The molecule has 0 radical (unpaired) electrons. The molecule has 5 heteroatoms. The van der Waals surface area contributed by atoms with E-state index in [2.05, 4.69) is 157 Å². The van der Waals surface area contributed by atoms with Crippen LogP contribution >= 0.6 is 7.26 Å². The summed E-state index contributed by atoms with van der Waals surface area (Å²) in [5.74, 6) is -0.0555. The van der Waals surface area contributed by atoms with Crippen molar-refractivity contribution < 1.29 is 9.53 Å². The van der Waals surface area contributed by atoms with Crippen molar-refractivity contribution >= 4 is 34.8 Å². The smallest absolute Gasteiger partial charge is 0.251 e. The van der Waals surface area contributed by atoms with Crippen LogP contribution in [0.15, 0.2) is 115 Å². The van der Waals surface area contributed by atoms with Crippen LogP contribution in [0.1, 0.15) is 71.7 Å². The molecule has 0 saturated carbocycles. The largest absolute Gasteiger partial charge is 0.375 e. The van der Waals surface area contributed by atoms with Gasteiger partial charge >= 0.3 is 0 Å². The number of carbonyl (C=O) groups is 1. The molecule has 4 nitrogen and oxygen atoms in total. The Bertz CT molecular complexity index is 1400. The summed E-state index contributed by atoms with van der Waals surface area (Å²) in [6, 6.07) is 41.0. The molecular weight excluding hydrogens is 571 g/mol. The summed E-state index contributed by atoms with van der Waals surface area (Å²) in [4.78, 5) is 15.1. The molecule has 0 heterocycles. The fraction of sp³-hybridized carbons (Fsp3) is 0.375. The molecule has 0 aliphatic rings. The molecule has 1 N–H and O–H groups in total. The lowest BCUT2D eigenvalue weighted by molar-refractivity contribution is -0.0258. The van der Waals surface area contributed by atoms with Crippen LogP contribution in [0.3, 0.4) is 0 Å². The number of anilines is 1. The van der Waals surface area contributed by atoms with E-state index in [1.165, 1.54) is 15.9 Å². The fourth-order valence-electron chi connectivity index (χ4n) is 6.07. The van der Waals surface area contributed by atoms with E-state index in [-0.39, 0.29) is 22.2 Å². The topological polar surface area (TPSA) is 41.6 Å².